The molecule has 0 bridgehead atoms. The quantitative estimate of drug-likeness (QED) is 0.884. The molecule has 0 aliphatic carbocycles. The molecule has 0 fully saturated rings. The number of alkyl halides is 1. The summed E-state index contributed by atoms with van der Waals surface area (Å²) in [5.74, 6) is 0.769. The molecule has 0 atom stereocenters. The standard InChI is InChI=1S/C9H11BrFNO/c1-13-9-3-2-7(6-8(9)10)12-5-4-11/h2-3,6,12H,4-5H2,1H3. The highest BCUT2D eigenvalue weighted by Gasteiger charge is 1.99. The summed E-state index contributed by atoms with van der Waals surface area (Å²) in [5, 5.41) is 2.93. The molecule has 0 radical (unpaired) electrons. The number of methoxy groups -OCH3 is 1. The Kier molecular flexibility index (Phi) is 4.02. The van der Waals surface area contributed by atoms with Crippen LogP contribution in [0.5, 0.6) is 5.75 Å². The second kappa shape index (κ2) is 5.07. The molecule has 4 heteroatoms. The normalized spacial score (nSPS) is 9.77. The van der Waals surface area contributed by atoms with Crippen LogP contribution in [0.25, 0.3) is 0 Å². The average Bonchev–Trinajstić information content (AvgIpc) is 2.15. The van der Waals surface area contributed by atoms with Crippen LogP contribution in [-0.2, 0) is 0 Å². The zero-order chi connectivity index (χ0) is 9.68. The molecular weight excluding hydrogens is 237 g/mol. The molecule has 0 aliphatic heterocycles. The largest absolute Gasteiger partial charge is 0.496 e. The molecule has 1 aromatic rings. The van der Waals surface area contributed by atoms with Gasteiger partial charge in [-0.1, -0.05) is 0 Å². The minimum absolute atomic E-state index is 0.332. The van der Waals surface area contributed by atoms with Gasteiger partial charge in [0.25, 0.3) is 0 Å². The fourth-order valence-electron chi connectivity index (χ4n) is 0.968. The number of hydrogen-bond donors (Lipinski definition) is 1. The molecule has 0 unspecified atom stereocenters. The summed E-state index contributed by atoms with van der Waals surface area (Å²) >= 11 is 3.34. The fourth-order valence-corrected chi connectivity index (χ4v) is 1.51. The van der Waals surface area contributed by atoms with Crippen LogP contribution in [0.15, 0.2) is 22.7 Å². The van der Waals surface area contributed by atoms with Crippen molar-refractivity contribution < 1.29 is 9.13 Å². The second-order valence-corrected chi connectivity index (χ2v) is 3.32. The van der Waals surface area contributed by atoms with E-state index in [4.69, 9.17) is 4.74 Å². The lowest BCUT2D eigenvalue weighted by Gasteiger charge is -2.07. The van der Waals surface area contributed by atoms with Gasteiger partial charge >= 0.3 is 0 Å². The fraction of sp³-hybridized carbons (Fsp3) is 0.333. The predicted molar refractivity (Wildman–Crippen MR) is 55.2 cm³/mol. The van der Waals surface area contributed by atoms with Crippen LogP contribution >= 0.6 is 15.9 Å². The van der Waals surface area contributed by atoms with Crippen molar-refractivity contribution in [1.29, 1.82) is 0 Å². The molecule has 1 N–H and O–H groups in total. The SMILES string of the molecule is COc1ccc(NCCF)cc1Br. The van der Waals surface area contributed by atoms with Crippen molar-refractivity contribution in [2.45, 2.75) is 0 Å². The van der Waals surface area contributed by atoms with E-state index in [-0.39, 0.29) is 6.67 Å². The van der Waals surface area contributed by atoms with Crippen molar-refractivity contribution >= 4 is 21.6 Å². The van der Waals surface area contributed by atoms with Crippen LogP contribution < -0.4 is 10.1 Å². The number of benzene rings is 1. The third-order valence-electron chi connectivity index (χ3n) is 1.58. The lowest BCUT2D eigenvalue weighted by molar-refractivity contribution is 0.412. The molecule has 0 aliphatic rings. The number of nitrogens with one attached hydrogen (secondary N) is 1. The van der Waals surface area contributed by atoms with E-state index >= 15 is 0 Å². The van der Waals surface area contributed by atoms with Gasteiger partial charge in [0.2, 0.25) is 0 Å². The smallest absolute Gasteiger partial charge is 0.133 e. The van der Waals surface area contributed by atoms with E-state index in [0.29, 0.717) is 6.54 Å². The maximum Gasteiger partial charge on any atom is 0.133 e. The van der Waals surface area contributed by atoms with Crippen molar-refractivity contribution in [1.82, 2.24) is 0 Å². The topological polar surface area (TPSA) is 21.3 Å². The maximum absolute atomic E-state index is 11.8. The zero-order valence-electron chi connectivity index (χ0n) is 7.31. The van der Waals surface area contributed by atoms with Crippen LogP contribution in [0.2, 0.25) is 0 Å². The predicted octanol–water partition coefficient (Wildman–Crippen LogP) is 2.84. The van der Waals surface area contributed by atoms with Crippen LogP contribution in [-0.4, -0.2) is 20.3 Å². The van der Waals surface area contributed by atoms with Gasteiger partial charge in [0, 0.05) is 12.2 Å². The minimum Gasteiger partial charge on any atom is -0.496 e. The zero-order valence-corrected chi connectivity index (χ0v) is 8.90. The second-order valence-electron chi connectivity index (χ2n) is 2.47. The highest BCUT2D eigenvalue weighted by molar-refractivity contribution is 9.10. The molecule has 2 nitrogen and oxygen atoms in total. The van der Waals surface area contributed by atoms with Gasteiger partial charge < -0.3 is 10.1 Å². The van der Waals surface area contributed by atoms with Crippen LogP contribution in [0.4, 0.5) is 10.1 Å². The first-order chi connectivity index (χ1) is 6.27. The van der Waals surface area contributed by atoms with Gasteiger partial charge in [-0.15, -0.1) is 0 Å². The Balaban J connectivity index is 2.71. The summed E-state index contributed by atoms with van der Waals surface area (Å²) in [6.07, 6.45) is 0. The first-order valence-electron chi connectivity index (χ1n) is 3.91. The Hall–Kier alpha value is -0.770. The monoisotopic (exact) mass is 247 g/mol. The molecule has 1 rings (SSSR count). The lowest BCUT2D eigenvalue weighted by atomic mass is 10.3. The summed E-state index contributed by atoms with van der Waals surface area (Å²) in [7, 11) is 1.61. The van der Waals surface area contributed by atoms with E-state index in [1.165, 1.54) is 0 Å². The van der Waals surface area contributed by atoms with E-state index in [1.54, 1.807) is 7.11 Å². The van der Waals surface area contributed by atoms with Gasteiger partial charge in [-0.05, 0) is 34.1 Å². The molecule has 13 heavy (non-hydrogen) atoms. The van der Waals surface area contributed by atoms with Gasteiger partial charge in [0.1, 0.15) is 12.4 Å². The highest BCUT2D eigenvalue weighted by atomic mass is 79.9. The molecular formula is C9H11BrFNO. The summed E-state index contributed by atoms with van der Waals surface area (Å²) in [4.78, 5) is 0. The number of rotatable bonds is 4. The van der Waals surface area contributed by atoms with Gasteiger partial charge in [-0.2, -0.15) is 0 Å². The van der Waals surface area contributed by atoms with E-state index < -0.39 is 0 Å². The van der Waals surface area contributed by atoms with Gasteiger partial charge in [-0.3, -0.25) is 0 Å². The number of hydrogen-bond acceptors (Lipinski definition) is 2. The Labute approximate surface area is 85.2 Å². The number of anilines is 1. The Morgan fingerprint density at radius 2 is 2.31 bits per heavy atom. The molecule has 0 aromatic heterocycles. The highest BCUT2D eigenvalue weighted by Crippen LogP contribution is 2.27. The van der Waals surface area contributed by atoms with Crippen molar-refractivity contribution in [3.63, 3.8) is 0 Å². The first kappa shape index (κ1) is 10.3. The summed E-state index contributed by atoms with van der Waals surface area (Å²) in [6, 6.07) is 5.53. The third kappa shape index (κ3) is 2.88. The van der Waals surface area contributed by atoms with Crippen LogP contribution in [0, 0.1) is 0 Å². The van der Waals surface area contributed by atoms with Gasteiger partial charge in [0.05, 0.1) is 11.6 Å². The molecule has 1 aromatic carbocycles. The molecule has 0 saturated heterocycles. The third-order valence-corrected chi connectivity index (χ3v) is 2.20. The van der Waals surface area contributed by atoms with Crippen LogP contribution in [0.1, 0.15) is 0 Å². The molecule has 0 heterocycles. The van der Waals surface area contributed by atoms with Crippen molar-refractivity contribution in [3.8, 4) is 5.75 Å². The summed E-state index contributed by atoms with van der Waals surface area (Å²) in [5.41, 5.74) is 0.880. The van der Waals surface area contributed by atoms with E-state index in [0.717, 1.165) is 15.9 Å². The Bertz CT molecular complexity index is 280. The molecule has 0 saturated carbocycles. The van der Waals surface area contributed by atoms with Crippen molar-refractivity contribution in [2.24, 2.45) is 0 Å². The van der Waals surface area contributed by atoms with Crippen molar-refractivity contribution in [2.75, 3.05) is 25.6 Å². The Morgan fingerprint density at radius 3 is 2.85 bits per heavy atom. The first-order valence-corrected chi connectivity index (χ1v) is 4.70. The lowest BCUT2D eigenvalue weighted by Crippen LogP contribution is -2.02. The molecule has 72 valence electrons. The van der Waals surface area contributed by atoms with Gasteiger partial charge in [-0.25, -0.2) is 4.39 Å². The summed E-state index contributed by atoms with van der Waals surface area (Å²) < 4.78 is 17.7. The van der Waals surface area contributed by atoms with E-state index in [2.05, 4.69) is 21.2 Å². The van der Waals surface area contributed by atoms with Crippen LogP contribution in [0.3, 0.4) is 0 Å². The molecule has 0 spiro atoms. The average molecular weight is 248 g/mol. The summed E-state index contributed by atoms with van der Waals surface area (Å²) in [6.45, 7) is -0.0393. The van der Waals surface area contributed by atoms with E-state index in [9.17, 15) is 4.39 Å². The number of halogens is 2. The minimum atomic E-state index is -0.371. The molecule has 0 amide bonds. The van der Waals surface area contributed by atoms with Gasteiger partial charge in [0.15, 0.2) is 0 Å². The Morgan fingerprint density at radius 1 is 1.54 bits per heavy atom. The van der Waals surface area contributed by atoms with E-state index in [1.807, 2.05) is 18.2 Å². The number of ether oxygens (including phenoxy) is 1. The maximum atomic E-state index is 11.8. The van der Waals surface area contributed by atoms with Crippen molar-refractivity contribution in [3.05, 3.63) is 22.7 Å².